The summed E-state index contributed by atoms with van der Waals surface area (Å²) in [6.07, 6.45) is 3.66. The van der Waals surface area contributed by atoms with E-state index < -0.39 is 0 Å². The van der Waals surface area contributed by atoms with Gasteiger partial charge in [-0.25, -0.2) is 4.98 Å². The van der Waals surface area contributed by atoms with Gasteiger partial charge in [0, 0.05) is 27.7 Å². The lowest BCUT2D eigenvalue weighted by molar-refractivity contribution is 1.21. The maximum atomic E-state index is 5.98. The van der Waals surface area contributed by atoms with Crippen molar-refractivity contribution in [2.24, 2.45) is 0 Å². The number of rotatable bonds is 2. The summed E-state index contributed by atoms with van der Waals surface area (Å²) in [5.41, 5.74) is 3.97. The molecule has 3 aromatic heterocycles. The van der Waals surface area contributed by atoms with Crippen molar-refractivity contribution in [2.75, 3.05) is 5.32 Å². The molecule has 0 amide bonds. The lowest BCUT2D eigenvalue weighted by atomic mass is 10.2. The molecule has 0 saturated carbocycles. The molecule has 0 bridgehead atoms. The number of nitrogens with one attached hydrogen (secondary N) is 1. The van der Waals surface area contributed by atoms with E-state index in [0.717, 1.165) is 39.0 Å². The van der Waals surface area contributed by atoms with E-state index in [9.17, 15) is 0 Å². The first-order valence-corrected chi connectivity index (χ1v) is 8.34. The molecule has 5 heteroatoms. The van der Waals surface area contributed by atoms with Crippen LogP contribution in [0.5, 0.6) is 0 Å². The molecule has 0 unspecified atom stereocenters. The number of fused-ring (bicyclic) bond motifs is 5. The van der Waals surface area contributed by atoms with E-state index in [1.54, 1.807) is 6.20 Å². The highest BCUT2D eigenvalue weighted by Gasteiger charge is 2.12. The molecule has 1 N–H and O–H groups in total. The average molecular weight is 345 g/mol. The third kappa shape index (κ3) is 2.30. The number of benzene rings is 2. The summed E-state index contributed by atoms with van der Waals surface area (Å²) >= 11 is 5.98. The van der Waals surface area contributed by atoms with Gasteiger partial charge in [-0.1, -0.05) is 29.8 Å². The molecule has 5 aromatic rings. The number of pyridine rings is 1. The van der Waals surface area contributed by atoms with Gasteiger partial charge in [0.05, 0.1) is 17.2 Å². The van der Waals surface area contributed by atoms with Crippen LogP contribution in [0.1, 0.15) is 0 Å². The molecule has 0 fully saturated rings. The fourth-order valence-electron chi connectivity index (χ4n) is 3.18. The Kier molecular flexibility index (Phi) is 3.11. The zero-order chi connectivity index (χ0) is 16.8. The molecule has 120 valence electrons. The zero-order valence-corrected chi connectivity index (χ0v) is 13.9. The third-order valence-corrected chi connectivity index (χ3v) is 4.57. The van der Waals surface area contributed by atoms with Crippen molar-refractivity contribution in [3.05, 3.63) is 78.1 Å². The molecule has 25 heavy (non-hydrogen) atoms. The van der Waals surface area contributed by atoms with E-state index in [-0.39, 0.29) is 0 Å². The Bertz CT molecular complexity index is 1230. The predicted molar refractivity (Wildman–Crippen MR) is 103 cm³/mol. The summed E-state index contributed by atoms with van der Waals surface area (Å²) in [4.78, 5) is 9.16. The van der Waals surface area contributed by atoms with Gasteiger partial charge in [0.25, 0.3) is 0 Å². The van der Waals surface area contributed by atoms with Crippen LogP contribution < -0.4 is 5.32 Å². The van der Waals surface area contributed by atoms with E-state index in [0.29, 0.717) is 5.02 Å². The maximum Gasteiger partial charge on any atom is 0.142 e. The molecular weight excluding hydrogens is 332 g/mol. The lowest BCUT2D eigenvalue weighted by Gasteiger charge is -2.11. The molecule has 0 atom stereocenters. The van der Waals surface area contributed by atoms with Gasteiger partial charge in [-0.2, -0.15) is 0 Å². The minimum atomic E-state index is 0.709. The third-order valence-electron chi connectivity index (χ3n) is 4.32. The highest BCUT2D eigenvalue weighted by Crippen LogP contribution is 2.29. The van der Waals surface area contributed by atoms with Crippen molar-refractivity contribution >= 4 is 50.6 Å². The Morgan fingerprint density at radius 2 is 1.76 bits per heavy atom. The summed E-state index contributed by atoms with van der Waals surface area (Å²) in [5.74, 6) is 0.801. The molecule has 2 aromatic carbocycles. The van der Waals surface area contributed by atoms with Gasteiger partial charge >= 0.3 is 0 Å². The fourth-order valence-corrected chi connectivity index (χ4v) is 3.31. The monoisotopic (exact) mass is 344 g/mol. The van der Waals surface area contributed by atoms with Crippen molar-refractivity contribution in [1.29, 1.82) is 0 Å². The van der Waals surface area contributed by atoms with Gasteiger partial charge in [0.15, 0.2) is 0 Å². The van der Waals surface area contributed by atoms with Gasteiger partial charge in [-0.15, -0.1) is 0 Å². The van der Waals surface area contributed by atoms with E-state index in [4.69, 9.17) is 16.6 Å². The van der Waals surface area contributed by atoms with Crippen molar-refractivity contribution in [3.8, 4) is 0 Å². The number of para-hydroxylation sites is 1. The van der Waals surface area contributed by atoms with Gasteiger partial charge in [-0.3, -0.25) is 9.38 Å². The van der Waals surface area contributed by atoms with Crippen LogP contribution in [0.15, 0.2) is 73.1 Å². The first kappa shape index (κ1) is 14.3. The summed E-state index contributed by atoms with van der Waals surface area (Å²) in [6, 6.07) is 19.9. The fraction of sp³-hybridized carbons (Fsp3) is 0. The SMILES string of the molecule is Clc1ccc(Nc2nc3cc4ccccc4n3c3cnccc23)cc1. The van der Waals surface area contributed by atoms with E-state index in [1.807, 2.05) is 48.7 Å². The summed E-state index contributed by atoms with van der Waals surface area (Å²) < 4.78 is 2.14. The average Bonchev–Trinajstić information content (AvgIpc) is 3.02. The topological polar surface area (TPSA) is 42.2 Å². The van der Waals surface area contributed by atoms with Crippen LogP contribution in [0.3, 0.4) is 0 Å². The first-order chi connectivity index (χ1) is 12.3. The Morgan fingerprint density at radius 3 is 2.64 bits per heavy atom. The molecule has 0 spiro atoms. The second kappa shape index (κ2) is 5.46. The summed E-state index contributed by atoms with van der Waals surface area (Å²) in [5, 5.41) is 6.28. The highest BCUT2D eigenvalue weighted by molar-refractivity contribution is 6.30. The molecule has 3 heterocycles. The largest absolute Gasteiger partial charge is 0.340 e. The minimum Gasteiger partial charge on any atom is -0.340 e. The molecule has 0 radical (unpaired) electrons. The van der Waals surface area contributed by atoms with Gasteiger partial charge in [-0.05, 0) is 42.5 Å². The van der Waals surface area contributed by atoms with Crippen molar-refractivity contribution < 1.29 is 0 Å². The second-order valence-corrected chi connectivity index (χ2v) is 6.32. The summed E-state index contributed by atoms with van der Waals surface area (Å²) in [6.45, 7) is 0. The van der Waals surface area contributed by atoms with E-state index in [2.05, 4.69) is 32.9 Å². The quantitative estimate of drug-likeness (QED) is 0.464. The van der Waals surface area contributed by atoms with Crippen LogP contribution >= 0.6 is 11.6 Å². The number of aromatic nitrogens is 3. The molecule has 0 aliphatic carbocycles. The van der Waals surface area contributed by atoms with Crippen LogP contribution in [0, 0.1) is 0 Å². The minimum absolute atomic E-state index is 0.709. The van der Waals surface area contributed by atoms with Crippen molar-refractivity contribution in [1.82, 2.24) is 14.4 Å². The maximum absolute atomic E-state index is 5.98. The van der Waals surface area contributed by atoms with Crippen LogP contribution in [0.2, 0.25) is 5.02 Å². The summed E-state index contributed by atoms with van der Waals surface area (Å²) in [7, 11) is 0. The van der Waals surface area contributed by atoms with Crippen LogP contribution in [0.25, 0.3) is 27.5 Å². The number of halogens is 1. The number of hydrogen-bond acceptors (Lipinski definition) is 3. The predicted octanol–water partition coefficient (Wildman–Crippen LogP) is 5.43. The van der Waals surface area contributed by atoms with Gasteiger partial charge in [0.1, 0.15) is 11.5 Å². The van der Waals surface area contributed by atoms with E-state index in [1.165, 1.54) is 0 Å². The normalized spacial score (nSPS) is 11.4. The lowest BCUT2D eigenvalue weighted by Crippen LogP contribution is -1.99. The molecule has 0 aliphatic rings. The molecule has 0 aliphatic heterocycles. The Balaban J connectivity index is 1.80. The van der Waals surface area contributed by atoms with Crippen molar-refractivity contribution in [3.63, 3.8) is 0 Å². The highest BCUT2D eigenvalue weighted by atomic mass is 35.5. The molecule has 5 rings (SSSR count). The molecule has 4 nitrogen and oxygen atoms in total. The smallest absolute Gasteiger partial charge is 0.142 e. The van der Waals surface area contributed by atoms with Crippen LogP contribution in [-0.2, 0) is 0 Å². The number of anilines is 2. The van der Waals surface area contributed by atoms with Crippen LogP contribution in [-0.4, -0.2) is 14.4 Å². The zero-order valence-electron chi connectivity index (χ0n) is 13.1. The second-order valence-electron chi connectivity index (χ2n) is 5.88. The van der Waals surface area contributed by atoms with E-state index >= 15 is 0 Å². The number of hydrogen-bond donors (Lipinski definition) is 1. The standard InChI is InChI=1S/C20H13ClN4/c21-14-5-7-15(8-6-14)23-20-16-9-10-22-12-18(16)25-17-4-2-1-3-13(17)11-19(25)24-20/h1-12H,(H,23,24). The van der Waals surface area contributed by atoms with Gasteiger partial charge in [0.2, 0.25) is 0 Å². The van der Waals surface area contributed by atoms with Crippen LogP contribution in [0.4, 0.5) is 11.5 Å². The Labute approximate surface area is 148 Å². The Hall–Kier alpha value is -3.11. The Morgan fingerprint density at radius 1 is 0.920 bits per heavy atom. The van der Waals surface area contributed by atoms with Crippen molar-refractivity contribution in [2.45, 2.75) is 0 Å². The van der Waals surface area contributed by atoms with Gasteiger partial charge < -0.3 is 5.32 Å². The number of nitrogens with zero attached hydrogens (tertiary/aromatic N) is 3. The molecule has 0 saturated heterocycles. The first-order valence-electron chi connectivity index (χ1n) is 7.96. The molecular formula is C20H13ClN4.